The summed E-state index contributed by atoms with van der Waals surface area (Å²) in [6.45, 7) is 3.86. The summed E-state index contributed by atoms with van der Waals surface area (Å²) in [4.78, 5) is 33.9. The van der Waals surface area contributed by atoms with Gasteiger partial charge in [0.05, 0.1) is 12.8 Å². The quantitative estimate of drug-likeness (QED) is 0.531. The average Bonchev–Trinajstić information content (AvgIpc) is 2.85. The Kier molecular flexibility index (Phi) is 5.59. The summed E-state index contributed by atoms with van der Waals surface area (Å²) in [5.41, 5.74) is 4.20. The number of carbonyl (C=O) groups excluding carboxylic acids is 3. The Hall–Kier alpha value is -2.31. The van der Waals surface area contributed by atoms with E-state index in [2.05, 4.69) is 10.7 Å². The smallest absolute Gasteiger partial charge is 0.327 e. The van der Waals surface area contributed by atoms with Gasteiger partial charge in [-0.2, -0.15) is 0 Å². The normalized spacial score (nSPS) is 10.1. The molecule has 0 aliphatic rings. The Morgan fingerprint density at radius 2 is 1.95 bits per heavy atom. The van der Waals surface area contributed by atoms with E-state index < -0.39 is 11.8 Å². The number of rotatable bonds is 4. The van der Waals surface area contributed by atoms with Crippen molar-refractivity contribution in [2.45, 2.75) is 26.8 Å². The summed E-state index contributed by atoms with van der Waals surface area (Å²) < 4.78 is 4.99. The van der Waals surface area contributed by atoms with Crippen LogP contribution in [0.15, 0.2) is 22.8 Å². The molecule has 1 heterocycles. The summed E-state index contributed by atoms with van der Waals surface area (Å²) in [5, 5.41) is 2.35. The second kappa shape index (κ2) is 7.20. The highest BCUT2D eigenvalue weighted by atomic mass is 16.3. The van der Waals surface area contributed by atoms with E-state index in [-0.39, 0.29) is 24.8 Å². The van der Waals surface area contributed by atoms with Crippen molar-refractivity contribution in [1.82, 2.24) is 16.2 Å². The minimum Gasteiger partial charge on any atom is -0.467 e. The molecule has 7 nitrogen and oxygen atoms in total. The van der Waals surface area contributed by atoms with Crippen LogP contribution in [0.2, 0.25) is 0 Å². The Bertz CT molecular complexity index is 440. The van der Waals surface area contributed by atoms with Crippen LogP contribution < -0.4 is 16.2 Å². The molecule has 0 saturated heterocycles. The van der Waals surface area contributed by atoms with Gasteiger partial charge >= 0.3 is 11.8 Å². The zero-order chi connectivity index (χ0) is 14.3. The van der Waals surface area contributed by atoms with Gasteiger partial charge in [0, 0.05) is 6.42 Å². The maximum Gasteiger partial charge on any atom is 0.327 e. The van der Waals surface area contributed by atoms with E-state index in [0.717, 1.165) is 0 Å². The predicted molar refractivity (Wildman–Crippen MR) is 66.3 cm³/mol. The lowest BCUT2D eigenvalue weighted by Gasteiger charge is -2.08. The van der Waals surface area contributed by atoms with Crippen LogP contribution >= 0.6 is 0 Å². The molecule has 0 spiro atoms. The molecular weight excluding hydrogens is 250 g/mol. The molecule has 7 heteroatoms. The van der Waals surface area contributed by atoms with Crippen LogP contribution in [0.5, 0.6) is 0 Å². The Morgan fingerprint density at radius 1 is 1.21 bits per heavy atom. The molecule has 3 N–H and O–H groups in total. The first kappa shape index (κ1) is 14.7. The van der Waals surface area contributed by atoms with Gasteiger partial charge in [0.1, 0.15) is 5.76 Å². The Labute approximate surface area is 110 Å². The van der Waals surface area contributed by atoms with Crippen molar-refractivity contribution in [1.29, 1.82) is 0 Å². The van der Waals surface area contributed by atoms with Crippen molar-refractivity contribution < 1.29 is 18.8 Å². The molecule has 0 aliphatic heterocycles. The van der Waals surface area contributed by atoms with E-state index in [1.54, 1.807) is 12.1 Å². The number of nitrogens with one attached hydrogen (secondary N) is 3. The second-order valence-corrected chi connectivity index (χ2v) is 4.36. The van der Waals surface area contributed by atoms with Crippen LogP contribution in [-0.2, 0) is 20.9 Å². The molecule has 1 aromatic rings. The lowest BCUT2D eigenvalue weighted by Crippen LogP contribution is -2.48. The lowest BCUT2D eigenvalue weighted by molar-refractivity contribution is -0.141. The highest BCUT2D eigenvalue weighted by molar-refractivity contribution is 6.35. The van der Waals surface area contributed by atoms with E-state index in [4.69, 9.17) is 4.42 Å². The molecule has 0 unspecified atom stereocenters. The first-order chi connectivity index (χ1) is 8.99. The number of hydrogen-bond donors (Lipinski definition) is 3. The monoisotopic (exact) mass is 267 g/mol. The van der Waals surface area contributed by atoms with Crippen molar-refractivity contribution in [3.8, 4) is 0 Å². The molecule has 0 fully saturated rings. The zero-order valence-electron chi connectivity index (χ0n) is 10.9. The fourth-order valence-electron chi connectivity index (χ4n) is 1.27. The summed E-state index contributed by atoms with van der Waals surface area (Å²) in [5.74, 6) is -1.42. The Morgan fingerprint density at radius 3 is 2.53 bits per heavy atom. The molecule has 0 saturated carbocycles. The van der Waals surface area contributed by atoms with Crippen LogP contribution in [-0.4, -0.2) is 17.7 Å². The van der Waals surface area contributed by atoms with Gasteiger partial charge in [0.15, 0.2) is 0 Å². The third-order valence-electron chi connectivity index (χ3n) is 2.12. The molecule has 19 heavy (non-hydrogen) atoms. The van der Waals surface area contributed by atoms with Gasteiger partial charge in [-0.1, -0.05) is 13.8 Å². The predicted octanol–water partition coefficient (Wildman–Crippen LogP) is 0.0893. The number of hydrogen-bond acceptors (Lipinski definition) is 4. The first-order valence-electron chi connectivity index (χ1n) is 5.88. The van der Waals surface area contributed by atoms with Crippen molar-refractivity contribution >= 4 is 17.7 Å². The molecule has 1 aromatic heterocycles. The van der Waals surface area contributed by atoms with Gasteiger partial charge in [0.25, 0.3) is 0 Å². The maximum atomic E-state index is 11.4. The minimum atomic E-state index is -0.927. The van der Waals surface area contributed by atoms with Crippen LogP contribution in [0.1, 0.15) is 26.0 Å². The van der Waals surface area contributed by atoms with Gasteiger partial charge in [0.2, 0.25) is 5.91 Å². The fourth-order valence-corrected chi connectivity index (χ4v) is 1.27. The summed E-state index contributed by atoms with van der Waals surface area (Å²) >= 11 is 0. The molecule has 0 aromatic carbocycles. The van der Waals surface area contributed by atoms with Crippen LogP contribution in [0, 0.1) is 5.92 Å². The molecule has 0 aliphatic carbocycles. The molecule has 0 radical (unpaired) electrons. The van der Waals surface area contributed by atoms with Gasteiger partial charge in [-0.25, -0.2) is 0 Å². The summed E-state index contributed by atoms with van der Waals surface area (Å²) in [7, 11) is 0. The lowest BCUT2D eigenvalue weighted by atomic mass is 10.1. The van der Waals surface area contributed by atoms with Crippen molar-refractivity contribution in [2.75, 3.05) is 0 Å². The highest BCUT2D eigenvalue weighted by Crippen LogP contribution is 1.98. The Balaban J connectivity index is 2.25. The van der Waals surface area contributed by atoms with E-state index >= 15 is 0 Å². The zero-order valence-corrected chi connectivity index (χ0v) is 10.9. The summed E-state index contributed by atoms with van der Waals surface area (Å²) in [6, 6.07) is 3.34. The SMILES string of the molecule is CC(C)CC(=O)NNC(=O)C(=O)NCc1ccco1. The van der Waals surface area contributed by atoms with Crippen LogP contribution in [0.4, 0.5) is 0 Å². The molecule has 1 rings (SSSR count). The number of amides is 3. The fraction of sp³-hybridized carbons (Fsp3) is 0.417. The minimum absolute atomic E-state index is 0.110. The largest absolute Gasteiger partial charge is 0.467 e. The van der Waals surface area contributed by atoms with E-state index in [9.17, 15) is 14.4 Å². The standard InChI is InChI=1S/C12H17N3O4/c1-8(2)6-10(16)14-15-12(18)11(17)13-7-9-4-3-5-19-9/h3-5,8H,6-7H2,1-2H3,(H,13,17)(H,14,16)(H,15,18). The maximum absolute atomic E-state index is 11.4. The number of hydrazine groups is 1. The van der Waals surface area contributed by atoms with Gasteiger partial charge < -0.3 is 9.73 Å². The topological polar surface area (TPSA) is 100 Å². The van der Waals surface area contributed by atoms with Crippen LogP contribution in [0.25, 0.3) is 0 Å². The molecule has 0 atom stereocenters. The van der Waals surface area contributed by atoms with E-state index in [0.29, 0.717) is 5.76 Å². The third kappa shape index (κ3) is 5.71. The van der Waals surface area contributed by atoms with Crippen molar-refractivity contribution in [3.63, 3.8) is 0 Å². The molecule has 0 bridgehead atoms. The van der Waals surface area contributed by atoms with E-state index in [1.165, 1.54) is 6.26 Å². The van der Waals surface area contributed by atoms with Gasteiger partial charge in [-0.15, -0.1) is 0 Å². The average molecular weight is 267 g/mol. The van der Waals surface area contributed by atoms with Crippen molar-refractivity contribution in [3.05, 3.63) is 24.2 Å². The number of furan rings is 1. The number of carbonyl (C=O) groups is 3. The van der Waals surface area contributed by atoms with Crippen LogP contribution in [0.3, 0.4) is 0 Å². The third-order valence-corrected chi connectivity index (χ3v) is 2.12. The van der Waals surface area contributed by atoms with Crippen molar-refractivity contribution in [2.24, 2.45) is 5.92 Å². The van der Waals surface area contributed by atoms with Gasteiger partial charge in [-0.3, -0.25) is 25.2 Å². The first-order valence-corrected chi connectivity index (χ1v) is 5.88. The molecular formula is C12H17N3O4. The molecule has 3 amide bonds. The second-order valence-electron chi connectivity index (χ2n) is 4.36. The summed E-state index contributed by atoms with van der Waals surface area (Å²) in [6.07, 6.45) is 1.74. The molecule has 104 valence electrons. The van der Waals surface area contributed by atoms with Gasteiger partial charge in [-0.05, 0) is 18.1 Å². The highest BCUT2D eigenvalue weighted by Gasteiger charge is 2.14. The van der Waals surface area contributed by atoms with E-state index in [1.807, 2.05) is 19.3 Å².